The van der Waals surface area contributed by atoms with Crippen molar-refractivity contribution in [2.24, 2.45) is 0 Å². The Balaban J connectivity index is 1.45. The van der Waals surface area contributed by atoms with E-state index in [-0.39, 0.29) is 11.5 Å². The van der Waals surface area contributed by atoms with Crippen LogP contribution in [0.25, 0.3) is 10.8 Å². The fourth-order valence-electron chi connectivity index (χ4n) is 7.00. The fraction of sp³-hybridized carbons (Fsp3) is 0.209. The van der Waals surface area contributed by atoms with Crippen LogP contribution in [0.1, 0.15) is 62.9 Å². The third kappa shape index (κ3) is 5.81. The number of benzene rings is 6. The molecule has 0 aliphatic carbocycles. The summed E-state index contributed by atoms with van der Waals surface area (Å²) in [4.78, 5) is 0. The van der Waals surface area contributed by atoms with E-state index in [1.165, 1.54) is 26.9 Å². The Kier molecular flexibility index (Phi) is 8.62. The smallest absolute Gasteiger partial charge is 0.139 e. The fourth-order valence-corrected chi connectivity index (χ4v) is 10.7. The molecule has 6 aromatic rings. The Morgan fingerprint density at radius 1 is 0.667 bits per heavy atom. The second-order valence-electron chi connectivity index (χ2n) is 14.0. The minimum Gasteiger partial charge on any atom is -0.456 e. The minimum absolute atomic E-state index is 0.307. The zero-order chi connectivity index (χ0) is 33.6. The number of para-hydroxylation sites is 2. The molecule has 0 saturated heterocycles. The molecule has 2 atom stereocenters. The van der Waals surface area contributed by atoms with Crippen molar-refractivity contribution in [1.29, 1.82) is 0 Å². The Morgan fingerprint density at radius 2 is 1.23 bits per heavy atom. The molecule has 242 valence electrons. The highest BCUT2D eigenvalue weighted by Gasteiger charge is 2.40. The third-order valence-electron chi connectivity index (χ3n) is 9.39. The van der Waals surface area contributed by atoms with Gasteiger partial charge in [0, 0.05) is 34.5 Å². The summed E-state index contributed by atoms with van der Waals surface area (Å²) in [6, 6.07) is 49.5. The highest BCUT2D eigenvalue weighted by atomic mass is 32.2. The van der Waals surface area contributed by atoms with E-state index in [0.717, 1.165) is 33.6 Å². The molecule has 48 heavy (non-hydrogen) atoms. The van der Waals surface area contributed by atoms with E-state index in [2.05, 4.69) is 153 Å². The SMILES string of the molecule is CN(C(c1ccc2ccccc2c1)c1cccc2c1Oc1c(P(c3ccccc3)c3ccccc3)cccc1C2(C)C)S(=O)C(C)(C)C. The summed E-state index contributed by atoms with van der Waals surface area (Å²) in [6.45, 7) is 10.7. The van der Waals surface area contributed by atoms with Crippen LogP contribution in [-0.2, 0) is 16.4 Å². The predicted octanol–water partition coefficient (Wildman–Crippen LogP) is 9.51. The van der Waals surface area contributed by atoms with Crippen molar-refractivity contribution in [3.05, 3.63) is 162 Å². The first kappa shape index (κ1) is 32.5. The normalized spacial score (nSPS) is 15.1. The lowest BCUT2D eigenvalue weighted by molar-refractivity contribution is 0.390. The molecule has 0 spiro atoms. The molecule has 0 saturated carbocycles. The van der Waals surface area contributed by atoms with Gasteiger partial charge in [0.05, 0.1) is 10.8 Å². The van der Waals surface area contributed by atoms with Crippen molar-refractivity contribution in [3.63, 3.8) is 0 Å². The molecule has 0 aromatic heterocycles. The Bertz CT molecular complexity index is 2080. The lowest BCUT2D eigenvalue weighted by Crippen LogP contribution is -2.38. The van der Waals surface area contributed by atoms with Gasteiger partial charge in [-0.3, -0.25) is 0 Å². The summed E-state index contributed by atoms with van der Waals surface area (Å²) in [7, 11) is -0.211. The topological polar surface area (TPSA) is 29.5 Å². The minimum atomic E-state index is -1.29. The molecule has 6 aromatic carbocycles. The second-order valence-corrected chi connectivity index (χ2v) is 18.5. The first-order valence-corrected chi connectivity index (χ1v) is 19.0. The highest BCUT2D eigenvalue weighted by molar-refractivity contribution is 7.84. The van der Waals surface area contributed by atoms with Crippen molar-refractivity contribution >= 4 is 45.6 Å². The van der Waals surface area contributed by atoms with E-state index < -0.39 is 23.7 Å². The van der Waals surface area contributed by atoms with Crippen LogP contribution in [0.3, 0.4) is 0 Å². The second kappa shape index (κ2) is 12.7. The number of rotatable bonds is 7. The van der Waals surface area contributed by atoms with Gasteiger partial charge >= 0.3 is 0 Å². The molecule has 7 rings (SSSR count). The van der Waals surface area contributed by atoms with Gasteiger partial charge in [-0.2, -0.15) is 0 Å². The molecule has 1 heterocycles. The van der Waals surface area contributed by atoms with Crippen LogP contribution >= 0.6 is 7.92 Å². The molecule has 0 N–H and O–H groups in total. The van der Waals surface area contributed by atoms with Gasteiger partial charge in [0.25, 0.3) is 0 Å². The van der Waals surface area contributed by atoms with Gasteiger partial charge in [0.2, 0.25) is 0 Å². The maximum atomic E-state index is 14.2. The predicted molar refractivity (Wildman–Crippen MR) is 205 cm³/mol. The average molecular weight is 668 g/mol. The van der Waals surface area contributed by atoms with E-state index in [1.54, 1.807) is 0 Å². The molecule has 0 bridgehead atoms. The molecule has 0 amide bonds. The van der Waals surface area contributed by atoms with E-state index in [0.29, 0.717) is 0 Å². The summed E-state index contributed by atoms with van der Waals surface area (Å²) in [5.41, 5.74) is 4.07. The van der Waals surface area contributed by atoms with Crippen molar-refractivity contribution in [1.82, 2.24) is 4.31 Å². The Hall–Kier alpha value is -4.08. The molecular weight excluding hydrogens is 626 g/mol. The number of hydrogen-bond donors (Lipinski definition) is 0. The Labute approximate surface area is 289 Å². The standard InChI is InChI=1S/C43H42NO2PS/c1-42(2,3)48(45)44(6)39(32-28-27-30-17-13-14-18-31(30)29-32)35-23-15-24-36-40(35)46-41-37(43(36,4)5)25-16-26-38(41)47(33-19-9-7-10-20-33)34-21-11-8-12-22-34/h7-29,39H,1-6H3. The van der Waals surface area contributed by atoms with Gasteiger partial charge in [0.15, 0.2) is 0 Å². The van der Waals surface area contributed by atoms with Crippen LogP contribution in [0.2, 0.25) is 0 Å². The van der Waals surface area contributed by atoms with E-state index in [4.69, 9.17) is 4.74 Å². The summed E-state index contributed by atoms with van der Waals surface area (Å²) >= 11 is 0. The summed E-state index contributed by atoms with van der Waals surface area (Å²) in [6.07, 6.45) is 0. The average Bonchev–Trinajstić information content (AvgIpc) is 3.09. The molecular formula is C43H42NO2PS. The molecule has 0 fully saturated rings. The van der Waals surface area contributed by atoms with Crippen LogP contribution in [0.4, 0.5) is 0 Å². The molecule has 1 aliphatic heterocycles. The molecule has 5 heteroatoms. The Morgan fingerprint density at radius 3 is 1.85 bits per heavy atom. The number of hydrogen-bond acceptors (Lipinski definition) is 2. The summed E-state index contributed by atoms with van der Waals surface area (Å²) in [5.74, 6) is 1.78. The largest absolute Gasteiger partial charge is 0.456 e. The van der Waals surface area contributed by atoms with Crippen LogP contribution in [0, 0.1) is 0 Å². The molecule has 3 nitrogen and oxygen atoms in total. The first-order valence-electron chi connectivity index (χ1n) is 16.5. The zero-order valence-corrected chi connectivity index (χ0v) is 30.2. The first-order chi connectivity index (χ1) is 23.1. The summed E-state index contributed by atoms with van der Waals surface area (Å²) < 4.78 is 23.0. The number of fused-ring (bicyclic) bond motifs is 3. The zero-order valence-electron chi connectivity index (χ0n) is 28.5. The molecule has 1 aliphatic rings. The lowest BCUT2D eigenvalue weighted by Gasteiger charge is -2.40. The molecule has 0 radical (unpaired) electrons. The van der Waals surface area contributed by atoms with E-state index in [9.17, 15) is 4.21 Å². The van der Waals surface area contributed by atoms with Crippen LogP contribution in [0.15, 0.2) is 140 Å². The highest BCUT2D eigenvalue weighted by Crippen LogP contribution is 2.53. The number of ether oxygens (including phenoxy) is 1. The van der Waals surface area contributed by atoms with Crippen molar-refractivity contribution in [2.45, 2.75) is 50.8 Å². The maximum absolute atomic E-state index is 14.2. The van der Waals surface area contributed by atoms with Crippen LogP contribution < -0.4 is 20.7 Å². The van der Waals surface area contributed by atoms with Gasteiger partial charge in [-0.25, -0.2) is 8.51 Å². The third-order valence-corrected chi connectivity index (χ3v) is 13.6. The van der Waals surface area contributed by atoms with Crippen molar-refractivity contribution in [3.8, 4) is 11.5 Å². The van der Waals surface area contributed by atoms with Gasteiger partial charge in [-0.15, -0.1) is 0 Å². The van der Waals surface area contributed by atoms with E-state index >= 15 is 0 Å². The van der Waals surface area contributed by atoms with Gasteiger partial charge in [-0.1, -0.05) is 147 Å². The van der Waals surface area contributed by atoms with E-state index in [1.807, 2.05) is 32.1 Å². The van der Waals surface area contributed by atoms with Crippen molar-refractivity contribution < 1.29 is 8.95 Å². The van der Waals surface area contributed by atoms with Crippen LogP contribution in [-0.4, -0.2) is 20.3 Å². The lowest BCUT2D eigenvalue weighted by atomic mass is 9.74. The monoisotopic (exact) mass is 667 g/mol. The van der Waals surface area contributed by atoms with Gasteiger partial charge in [0.1, 0.15) is 22.5 Å². The van der Waals surface area contributed by atoms with Crippen LogP contribution in [0.5, 0.6) is 11.5 Å². The quantitative estimate of drug-likeness (QED) is 0.159. The molecule has 2 unspecified atom stereocenters. The maximum Gasteiger partial charge on any atom is 0.139 e. The van der Waals surface area contributed by atoms with Crippen molar-refractivity contribution in [2.75, 3.05) is 7.05 Å². The van der Waals surface area contributed by atoms with Gasteiger partial charge < -0.3 is 4.74 Å². The number of nitrogens with zero attached hydrogens (tertiary/aromatic N) is 1. The van der Waals surface area contributed by atoms with Gasteiger partial charge in [-0.05, 0) is 61.7 Å². The summed E-state index contributed by atoms with van der Waals surface area (Å²) in [5, 5.41) is 6.09.